The van der Waals surface area contributed by atoms with Crippen molar-refractivity contribution >= 4 is 21.5 Å². The molecule has 0 aliphatic carbocycles. The van der Waals surface area contributed by atoms with E-state index in [0.29, 0.717) is 18.8 Å². The first-order chi connectivity index (χ1) is 8.45. The minimum Gasteiger partial charge on any atom is -0.399 e. The minimum atomic E-state index is -4.27. The highest BCUT2D eigenvalue weighted by molar-refractivity contribution is 7.86. The second-order valence-electron chi connectivity index (χ2n) is 4.01. The molecule has 0 atom stereocenters. The van der Waals surface area contributed by atoms with E-state index in [4.69, 9.17) is 16.0 Å². The van der Waals surface area contributed by atoms with Gasteiger partial charge in [-0.15, -0.1) is 0 Å². The highest BCUT2D eigenvalue weighted by Gasteiger charge is 2.15. The summed E-state index contributed by atoms with van der Waals surface area (Å²) < 4.78 is 31.5. The van der Waals surface area contributed by atoms with Gasteiger partial charge in [0.2, 0.25) is 0 Å². The fourth-order valence-corrected chi connectivity index (χ4v) is 2.27. The standard InChI is InChI=1S/C11H19N3O3S/c12-6-2-1-3-7-14-10-5-4-9(13)8-11(10)18(15,16)17/h4-5,8,14H,1-3,6-7,12-13H2,(H,15,16,17). The van der Waals surface area contributed by atoms with Crippen molar-refractivity contribution in [3.05, 3.63) is 18.2 Å². The first kappa shape index (κ1) is 14.7. The maximum atomic E-state index is 11.2. The van der Waals surface area contributed by atoms with Gasteiger partial charge in [0.1, 0.15) is 4.90 Å². The second kappa shape index (κ2) is 6.58. The molecule has 7 heteroatoms. The molecule has 0 aromatic heterocycles. The van der Waals surface area contributed by atoms with Crippen LogP contribution in [0.5, 0.6) is 0 Å². The van der Waals surface area contributed by atoms with E-state index in [2.05, 4.69) is 5.32 Å². The Bertz CT molecular complexity index is 488. The van der Waals surface area contributed by atoms with Gasteiger partial charge in [0.25, 0.3) is 10.1 Å². The molecule has 0 heterocycles. The summed E-state index contributed by atoms with van der Waals surface area (Å²) in [4.78, 5) is -0.193. The molecule has 0 spiro atoms. The molecule has 0 aliphatic rings. The lowest BCUT2D eigenvalue weighted by Crippen LogP contribution is -2.09. The van der Waals surface area contributed by atoms with Gasteiger partial charge in [0, 0.05) is 12.2 Å². The Morgan fingerprint density at radius 1 is 1.22 bits per heavy atom. The number of rotatable bonds is 7. The molecule has 0 radical (unpaired) electrons. The van der Waals surface area contributed by atoms with Gasteiger partial charge in [-0.25, -0.2) is 0 Å². The van der Waals surface area contributed by atoms with Crippen molar-refractivity contribution in [3.63, 3.8) is 0 Å². The van der Waals surface area contributed by atoms with Crippen LogP contribution in [0.2, 0.25) is 0 Å². The molecular weight excluding hydrogens is 254 g/mol. The lowest BCUT2D eigenvalue weighted by Gasteiger charge is -2.10. The number of unbranched alkanes of at least 4 members (excludes halogenated alkanes) is 2. The van der Waals surface area contributed by atoms with Crippen molar-refractivity contribution in [2.24, 2.45) is 5.73 Å². The lowest BCUT2D eigenvalue weighted by atomic mass is 10.2. The Morgan fingerprint density at radius 3 is 2.56 bits per heavy atom. The van der Waals surface area contributed by atoms with E-state index in [1.165, 1.54) is 6.07 Å². The van der Waals surface area contributed by atoms with Gasteiger partial charge in [-0.2, -0.15) is 8.42 Å². The molecule has 0 amide bonds. The summed E-state index contributed by atoms with van der Waals surface area (Å²) in [7, 11) is -4.27. The summed E-state index contributed by atoms with van der Waals surface area (Å²) in [5.74, 6) is 0. The zero-order valence-corrected chi connectivity index (χ0v) is 10.9. The van der Waals surface area contributed by atoms with E-state index in [-0.39, 0.29) is 10.6 Å². The zero-order chi connectivity index (χ0) is 13.6. The predicted molar refractivity (Wildman–Crippen MR) is 72.1 cm³/mol. The van der Waals surface area contributed by atoms with Crippen LogP contribution in [0, 0.1) is 0 Å². The highest BCUT2D eigenvalue weighted by atomic mass is 32.2. The Morgan fingerprint density at radius 2 is 1.94 bits per heavy atom. The maximum absolute atomic E-state index is 11.2. The molecule has 0 bridgehead atoms. The molecule has 0 aliphatic heterocycles. The molecule has 102 valence electrons. The third kappa shape index (κ3) is 4.52. The van der Waals surface area contributed by atoms with Crippen LogP contribution in [-0.4, -0.2) is 26.1 Å². The Kier molecular flexibility index (Phi) is 5.39. The molecule has 0 fully saturated rings. The van der Waals surface area contributed by atoms with Gasteiger partial charge in [-0.1, -0.05) is 6.42 Å². The number of nitrogens with two attached hydrogens (primary N) is 2. The van der Waals surface area contributed by atoms with Gasteiger partial charge < -0.3 is 16.8 Å². The molecule has 0 saturated carbocycles. The van der Waals surface area contributed by atoms with Crippen molar-refractivity contribution in [2.75, 3.05) is 24.1 Å². The number of nitrogens with one attached hydrogen (secondary N) is 1. The van der Waals surface area contributed by atoms with Crippen LogP contribution in [0.25, 0.3) is 0 Å². The third-order valence-electron chi connectivity index (χ3n) is 2.48. The molecule has 0 unspecified atom stereocenters. The van der Waals surface area contributed by atoms with Gasteiger partial charge in [-0.05, 0) is 37.6 Å². The van der Waals surface area contributed by atoms with E-state index in [1.807, 2.05) is 0 Å². The summed E-state index contributed by atoms with van der Waals surface area (Å²) in [6.07, 6.45) is 2.79. The predicted octanol–water partition coefficient (Wildman–Crippen LogP) is 1.06. The molecule has 1 aromatic rings. The van der Waals surface area contributed by atoms with E-state index < -0.39 is 10.1 Å². The monoisotopic (exact) mass is 273 g/mol. The topological polar surface area (TPSA) is 118 Å². The third-order valence-corrected chi connectivity index (χ3v) is 3.37. The van der Waals surface area contributed by atoms with Gasteiger partial charge in [0.15, 0.2) is 0 Å². The molecule has 6 N–H and O–H groups in total. The van der Waals surface area contributed by atoms with Crippen molar-refractivity contribution in [3.8, 4) is 0 Å². The number of benzene rings is 1. The van der Waals surface area contributed by atoms with Crippen LogP contribution in [-0.2, 0) is 10.1 Å². The summed E-state index contributed by atoms with van der Waals surface area (Å²) in [6, 6.07) is 4.36. The fraction of sp³-hybridized carbons (Fsp3) is 0.455. The van der Waals surface area contributed by atoms with Gasteiger partial charge in [-0.3, -0.25) is 4.55 Å². The summed E-state index contributed by atoms with van der Waals surface area (Å²) >= 11 is 0. The SMILES string of the molecule is NCCCCCNc1ccc(N)cc1S(=O)(=O)O. The quantitative estimate of drug-likeness (QED) is 0.335. The van der Waals surface area contributed by atoms with Gasteiger partial charge in [0.05, 0.1) is 5.69 Å². The van der Waals surface area contributed by atoms with Crippen LogP contribution in [0.3, 0.4) is 0 Å². The van der Waals surface area contributed by atoms with Crippen LogP contribution in [0.1, 0.15) is 19.3 Å². The van der Waals surface area contributed by atoms with Gasteiger partial charge >= 0.3 is 0 Å². The first-order valence-electron chi connectivity index (χ1n) is 5.76. The van der Waals surface area contributed by atoms with Crippen molar-refractivity contribution in [1.29, 1.82) is 0 Å². The number of hydrogen-bond donors (Lipinski definition) is 4. The van der Waals surface area contributed by atoms with Crippen molar-refractivity contribution in [2.45, 2.75) is 24.2 Å². The normalized spacial score (nSPS) is 11.4. The molecule has 6 nitrogen and oxygen atoms in total. The summed E-state index contributed by atoms with van der Waals surface area (Å²) in [5.41, 5.74) is 11.5. The summed E-state index contributed by atoms with van der Waals surface area (Å²) in [5, 5.41) is 2.97. The zero-order valence-electron chi connectivity index (χ0n) is 10.1. The molecule has 1 aromatic carbocycles. The molecule has 0 saturated heterocycles. The van der Waals surface area contributed by atoms with E-state index in [9.17, 15) is 8.42 Å². The number of anilines is 2. The second-order valence-corrected chi connectivity index (χ2v) is 5.40. The van der Waals surface area contributed by atoms with E-state index in [1.54, 1.807) is 12.1 Å². The Hall–Kier alpha value is -1.31. The Balaban J connectivity index is 2.71. The van der Waals surface area contributed by atoms with Crippen LogP contribution >= 0.6 is 0 Å². The van der Waals surface area contributed by atoms with Crippen molar-refractivity contribution in [1.82, 2.24) is 0 Å². The molecule has 18 heavy (non-hydrogen) atoms. The number of hydrogen-bond acceptors (Lipinski definition) is 5. The largest absolute Gasteiger partial charge is 0.399 e. The first-order valence-corrected chi connectivity index (χ1v) is 7.20. The van der Waals surface area contributed by atoms with Crippen LogP contribution < -0.4 is 16.8 Å². The van der Waals surface area contributed by atoms with E-state index >= 15 is 0 Å². The molecular formula is C11H19N3O3S. The smallest absolute Gasteiger partial charge is 0.296 e. The summed E-state index contributed by atoms with van der Waals surface area (Å²) in [6.45, 7) is 1.27. The number of nitrogen functional groups attached to an aromatic ring is 1. The van der Waals surface area contributed by atoms with Crippen LogP contribution in [0.4, 0.5) is 11.4 Å². The average molecular weight is 273 g/mol. The minimum absolute atomic E-state index is 0.193. The fourth-order valence-electron chi connectivity index (χ4n) is 1.57. The van der Waals surface area contributed by atoms with Crippen LogP contribution in [0.15, 0.2) is 23.1 Å². The van der Waals surface area contributed by atoms with E-state index in [0.717, 1.165) is 19.3 Å². The highest BCUT2D eigenvalue weighted by Crippen LogP contribution is 2.23. The maximum Gasteiger partial charge on any atom is 0.296 e. The lowest BCUT2D eigenvalue weighted by molar-refractivity contribution is 0.483. The van der Waals surface area contributed by atoms with Crippen molar-refractivity contribution < 1.29 is 13.0 Å². The average Bonchev–Trinajstić information content (AvgIpc) is 2.29. The Labute approximate surface area is 107 Å². The molecule has 1 rings (SSSR count).